The van der Waals surface area contributed by atoms with Crippen LogP contribution >= 0.6 is 23.8 Å². The summed E-state index contributed by atoms with van der Waals surface area (Å²) in [4.78, 5) is 0. The van der Waals surface area contributed by atoms with Gasteiger partial charge < -0.3 is 14.8 Å². The number of halogens is 1. The Bertz CT molecular complexity index is 979. The fraction of sp³-hybridized carbons (Fsp3) is 0.0909. The Labute approximate surface area is 180 Å². The van der Waals surface area contributed by atoms with Crippen molar-refractivity contribution in [3.05, 3.63) is 88.9 Å². The number of ether oxygens (including phenoxy) is 2. The highest BCUT2D eigenvalue weighted by Crippen LogP contribution is 2.31. The minimum absolute atomic E-state index is 0.375. The first-order valence-corrected chi connectivity index (χ1v) is 9.63. The molecule has 0 bridgehead atoms. The number of thiocarbonyl (C=S) groups is 1. The molecule has 2 N–H and O–H groups in total. The molecule has 0 aliphatic carbocycles. The van der Waals surface area contributed by atoms with Crippen molar-refractivity contribution in [2.24, 2.45) is 5.10 Å². The minimum Gasteiger partial charge on any atom is -0.493 e. The van der Waals surface area contributed by atoms with Crippen LogP contribution < -0.4 is 20.2 Å². The molecule has 0 atom stereocenters. The Morgan fingerprint density at radius 3 is 2.52 bits per heavy atom. The van der Waals surface area contributed by atoms with Crippen LogP contribution in [0.5, 0.6) is 11.5 Å². The van der Waals surface area contributed by atoms with Crippen molar-refractivity contribution in [2.75, 3.05) is 12.4 Å². The number of nitrogens with one attached hydrogen (secondary N) is 2. The summed E-state index contributed by atoms with van der Waals surface area (Å²) in [5, 5.41) is 8.34. The maximum atomic E-state index is 6.00. The normalized spacial score (nSPS) is 10.6. The lowest BCUT2D eigenvalue weighted by Gasteiger charge is -2.13. The summed E-state index contributed by atoms with van der Waals surface area (Å²) in [6, 6.07) is 22.7. The molecule has 3 aromatic carbocycles. The number of methoxy groups -OCH3 is 1. The molecule has 0 unspecified atom stereocenters. The van der Waals surface area contributed by atoms with Gasteiger partial charge in [0.25, 0.3) is 0 Å². The summed E-state index contributed by atoms with van der Waals surface area (Å²) >= 11 is 11.2. The van der Waals surface area contributed by atoms with Crippen LogP contribution in [0.15, 0.2) is 77.9 Å². The highest BCUT2D eigenvalue weighted by Gasteiger charge is 2.10. The van der Waals surface area contributed by atoms with E-state index in [0.717, 1.165) is 16.8 Å². The molecule has 3 aromatic rings. The number of anilines is 1. The second-order valence-electron chi connectivity index (χ2n) is 5.98. The van der Waals surface area contributed by atoms with Gasteiger partial charge in [-0.05, 0) is 54.2 Å². The Morgan fingerprint density at radius 1 is 1.03 bits per heavy atom. The molecule has 0 aliphatic heterocycles. The Kier molecular flexibility index (Phi) is 7.44. The molecule has 0 saturated carbocycles. The fourth-order valence-corrected chi connectivity index (χ4v) is 2.82. The molecular weight excluding hydrogens is 406 g/mol. The molecule has 0 heterocycles. The van der Waals surface area contributed by atoms with Crippen LogP contribution in [0.3, 0.4) is 0 Å². The quantitative estimate of drug-likeness (QED) is 0.307. The summed E-state index contributed by atoms with van der Waals surface area (Å²) in [5.41, 5.74) is 5.44. The van der Waals surface area contributed by atoms with Gasteiger partial charge in [0.2, 0.25) is 0 Å². The van der Waals surface area contributed by atoms with Crippen LogP contribution in [0.25, 0.3) is 0 Å². The van der Waals surface area contributed by atoms with Gasteiger partial charge in [-0.2, -0.15) is 5.10 Å². The van der Waals surface area contributed by atoms with Gasteiger partial charge >= 0.3 is 0 Å². The molecule has 0 amide bonds. The molecule has 29 heavy (non-hydrogen) atoms. The summed E-state index contributed by atoms with van der Waals surface area (Å²) < 4.78 is 11.4. The Hall–Kier alpha value is -3.09. The predicted molar refractivity (Wildman–Crippen MR) is 122 cm³/mol. The summed E-state index contributed by atoms with van der Waals surface area (Å²) in [7, 11) is 1.60. The van der Waals surface area contributed by atoms with Crippen LogP contribution in [0.4, 0.5) is 5.69 Å². The minimum atomic E-state index is 0.375. The van der Waals surface area contributed by atoms with Crippen molar-refractivity contribution in [1.82, 2.24) is 5.43 Å². The molecule has 0 fully saturated rings. The molecule has 0 aromatic heterocycles. The average Bonchev–Trinajstić information content (AvgIpc) is 2.74. The van der Waals surface area contributed by atoms with Gasteiger partial charge in [-0.3, -0.25) is 5.43 Å². The third kappa shape index (κ3) is 6.20. The van der Waals surface area contributed by atoms with E-state index < -0.39 is 0 Å². The molecule has 0 spiro atoms. The maximum absolute atomic E-state index is 6.00. The zero-order valence-electron chi connectivity index (χ0n) is 15.8. The summed E-state index contributed by atoms with van der Waals surface area (Å²) in [6.45, 7) is 0.375. The van der Waals surface area contributed by atoms with Crippen molar-refractivity contribution in [1.29, 1.82) is 0 Å². The van der Waals surface area contributed by atoms with Gasteiger partial charge in [0.1, 0.15) is 6.61 Å². The van der Waals surface area contributed by atoms with E-state index in [0.29, 0.717) is 28.2 Å². The van der Waals surface area contributed by atoms with Gasteiger partial charge in [-0.25, -0.2) is 0 Å². The first kappa shape index (κ1) is 20.6. The lowest BCUT2D eigenvalue weighted by atomic mass is 10.2. The molecule has 5 nitrogen and oxygen atoms in total. The maximum Gasteiger partial charge on any atom is 0.191 e. The topological polar surface area (TPSA) is 54.9 Å². The number of hydrazone groups is 1. The van der Waals surface area contributed by atoms with Gasteiger partial charge in [-0.1, -0.05) is 48.0 Å². The smallest absolute Gasteiger partial charge is 0.191 e. The van der Waals surface area contributed by atoms with Crippen molar-refractivity contribution in [3.8, 4) is 11.5 Å². The van der Waals surface area contributed by atoms with Crippen LogP contribution in [-0.4, -0.2) is 18.4 Å². The average molecular weight is 426 g/mol. The second kappa shape index (κ2) is 10.5. The standard InChI is InChI=1S/C22H20ClN3O2S/c1-27-20-9-5-6-17(21(20)28-15-16-10-12-18(23)13-11-16)14-24-26-22(29)25-19-7-3-2-4-8-19/h2-14H,15H2,1H3,(H2,25,26,29). The highest BCUT2D eigenvalue weighted by atomic mass is 35.5. The van der Waals surface area contributed by atoms with Crippen molar-refractivity contribution < 1.29 is 9.47 Å². The third-order valence-corrected chi connectivity index (χ3v) is 4.37. The molecule has 0 aliphatic rings. The largest absolute Gasteiger partial charge is 0.493 e. The number of hydrogen-bond donors (Lipinski definition) is 2. The first-order valence-electron chi connectivity index (χ1n) is 8.85. The Morgan fingerprint density at radius 2 is 1.79 bits per heavy atom. The van der Waals surface area contributed by atoms with E-state index in [1.54, 1.807) is 13.3 Å². The van der Waals surface area contributed by atoms with E-state index in [9.17, 15) is 0 Å². The molecular formula is C22H20ClN3O2S. The predicted octanol–water partition coefficient (Wildman–Crippen LogP) is 5.25. The van der Waals surface area contributed by atoms with E-state index in [1.165, 1.54) is 0 Å². The Balaban J connectivity index is 1.67. The van der Waals surface area contributed by atoms with E-state index in [4.69, 9.17) is 33.3 Å². The number of para-hydroxylation sites is 2. The molecule has 148 valence electrons. The van der Waals surface area contributed by atoms with Crippen molar-refractivity contribution >= 4 is 40.8 Å². The highest BCUT2D eigenvalue weighted by molar-refractivity contribution is 7.80. The zero-order chi connectivity index (χ0) is 20.5. The van der Waals surface area contributed by atoms with Crippen LogP contribution in [-0.2, 0) is 6.61 Å². The molecule has 3 rings (SSSR count). The third-order valence-electron chi connectivity index (χ3n) is 3.93. The van der Waals surface area contributed by atoms with Crippen LogP contribution in [0.1, 0.15) is 11.1 Å². The summed E-state index contributed by atoms with van der Waals surface area (Å²) in [5.74, 6) is 1.21. The molecule has 7 heteroatoms. The number of rotatable bonds is 7. The van der Waals surface area contributed by atoms with Crippen molar-refractivity contribution in [2.45, 2.75) is 6.61 Å². The van der Waals surface area contributed by atoms with Gasteiger partial charge in [0, 0.05) is 16.3 Å². The zero-order valence-corrected chi connectivity index (χ0v) is 17.3. The number of benzene rings is 3. The van der Waals surface area contributed by atoms with Crippen LogP contribution in [0.2, 0.25) is 5.02 Å². The number of nitrogens with zero attached hydrogens (tertiary/aromatic N) is 1. The van der Waals surface area contributed by atoms with E-state index >= 15 is 0 Å². The van der Waals surface area contributed by atoms with Crippen molar-refractivity contribution in [3.63, 3.8) is 0 Å². The van der Waals surface area contributed by atoms with Gasteiger partial charge in [0.15, 0.2) is 16.6 Å². The van der Waals surface area contributed by atoms with E-state index in [1.807, 2.05) is 72.8 Å². The molecule has 0 saturated heterocycles. The van der Waals surface area contributed by atoms with Gasteiger partial charge in [0.05, 0.1) is 13.3 Å². The monoisotopic (exact) mass is 425 g/mol. The van der Waals surface area contributed by atoms with Crippen LogP contribution in [0, 0.1) is 0 Å². The van der Waals surface area contributed by atoms with E-state index in [2.05, 4.69) is 15.8 Å². The van der Waals surface area contributed by atoms with E-state index in [-0.39, 0.29) is 0 Å². The fourth-order valence-electron chi connectivity index (χ4n) is 2.53. The van der Waals surface area contributed by atoms with Gasteiger partial charge in [-0.15, -0.1) is 0 Å². The lowest BCUT2D eigenvalue weighted by molar-refractivity contribution is 0.284. The number of hydrogen-bond acceptors (Lipinski definition) is 4. The SMILES string of the molecule is COc1cccc(C=NNC(=S)Nc2ccccc2)c1OCc1ccc(Cl)cc1. The molecule has 0 radical (unpaired) electrons. The second-order valence-corrected chi connectivity index (χ2v) is 6.83. The lowest BCUT2D eigenvalue weighted by Crippen LogP contribution is -2.23. The summed E-state index contributed by atoms with van der Waals surface area (Å²) in [6.07, 6.45) is 1.64. The first-order chi connectivity index (χ1) is 14.2.